The maximum absolute atomic E-state index is 12.0. The normalized spacial score (nSPS) is 18.2. The highest BCUT2D eigenvalue weighted by molar-refractivity contribution is 6.73. The minimum absolute atomic E-state index is 0.0440. The average Bonchev–Trinajstić information content (AvgIpc) is 3.17. The van der Waals surface area contributed by atoms with Crippen molar-refractivity contribution >= 4 is 14.3 Å². The molecule has 0 heterocycles. The van der Waals surface area contributed by atoms with Crippen molar-refractivity contribution in [1.29, 1.82) is 0 Å². The molecule has 32 heavy (non-hydrogen) atoms. The van der Waals surface area contributed by atoms with Crippen molar-refractivity contribution in [3.05, 3.63) is 23.8 Å². The molecule has 0 bridgehead atoms. The van der Waals surface area contributed by atoms with Crippen molar-refractivity contribution in [3.63, 3.8) is 0 Å². The third kappa shape index (κ3) is 11.8. The predicted molar refractivity (Wildman–Crippen MR) is 140 cm³/mol. The number of unbranched alkanes of at least 4 members (excludes halogenated alkanes) is 4. The van der Waals surface area contributed by atoms with E-state index < -0.39 is 8.32 Å². The summed E-state index contributed by atoms with van der Waals surface area (Å²) in [5.74, 6) is 1.31. The Bertz CT molecular complexity index is 586. The van der Waals surface area contributed by atoms with Crippen LogP contribution >= 0.6 is 0 Å². The Morgan fingerprint density at radius 3 is 2.56 bits per heavy atom. The van der Waals surface area contributed by atoms with Crippen molar-refractivity contribution in [3.8, 4) is 0 Å². The van der Waals surface area contributed by atoms with E-state index in [4.69, 9.17) is 9.46 Å². The summed E-state index contributed by atoms with van der Waals surface area (Å²) in [6, 6.07) is 0. The van der Waals surface area contributed by atoms with Crippen LogP contribution in [0.1, 0.15) is 118 Å². The van der Waals surface area contributed by atoms with E-state index in [0.29, 0.717) is 12.3 Å². The fraction of sp³-hybridized carbons (Fsp3) is 0.821. The zero-order valence-corrected chi connectivity index (χ0v) is 23.3. The first-order valence-corrected chi connectivity index (χ1v) is 16.2. The highest BCUT2D eigenvalue weighted by Crippen LogP contribution is 2.36. The lowest BCUT2D eigenvalue weighted by Gasteiger charge is -2.33. The molecule has 0 unspecified atom stereocenters. The van der Waals surface area contributed by atoms with Gasteiger partial charge in [0.25, 0.3) is 8.32 Å². The summed E-state index contributed by atoms with van der Waals surface area (Å²) in [4.78, 5) is 17.1. The number of carbonyl (C=O) groups is 1. The number of allylic oxidation sites excluding steroid dienone is 4. The SMILES string of the molecule is CCCC[C@H](C)CC/C=C/[C@H]1CCC=C1CCCCCCC(=O)OO[Si](C)(C)C(C)(C)C. The molecule has 3 nitrogen and oxygen atoms in total. The van der Waals surface area contributed by atoms with Gasteiger partial charge < -0.3 is 4.89 Å². The molecule has 0 aromatic rings. The van der Waals surface area contributed by atoms with Crippen LogP contribution < -0.4 is 0 Å². The molecule has 0 aromatic carbocycles. The summed E-state index contributed by atoms with van der Waals surface area (Å²) in [6.45, 7) is 15.3. The maximum atomic E-state index is 12.0. The third-order valence-corrected chi connectivity index (χ3v) is 11.5. The number of rotatable bonds is 16. The third-order valence-electron chi connectivity index (χ3n) is 7.35. The van der Waals surface area contributed by atoms with Gasteiger partial charge in [-0.25, -0.2) is 9.37 Å². The van der Waals surface area contributed by atoms with Crippen LogP contribution in [0.3, 0.4) is 0 Å². The molecule has 0 amide bonds. The molecule has 0 N–H and O–H groups in total. The first kappa shape index (κ1) is 29.2. The summed E-state index contributed by atoms with van der Waals surface area (Å²) in [6.07, 6.45) is 22.5. The van der Waals surface area contributed by atoms with E-state index in [9.17, 15) is 4.79 Å². The topological polar surface area (TPSA) is 35.5 Å². The van der Waals surface area contributed by atoms with Crippen LogP contribution in [0, 0.1) is 11.8 Å². The molecule has 4 heteroatoms. The lowest BCUT2D eigenvalue weighted by Crippen LogP contribution is -2.41. The van der Waals surface area contributed by atoms with Gasteiger partial charge in [-0.2, -0.15) is 0 Å². The molecule has 1 rings (SSSR count). The van der Waals surface area contributed by atoms with Crippen LogP contribution in [-0.4, -0.2) is 14.3 Å². The second-order valence-corrected chi connectivity index (χ2v) is 16.1. The molecule has 186 valence electrons. The summed E-state index contributed by atoms with van der Waals surface area (Å²) in [7, 11) is -2.03. The average molecular weight is 465 g/mol. The molecule has 0 fully saturated rings. The van der Waals surface area contributed by atoms with E-state index >= 15 is 0 Å². The molecule has 0 saturated carbocycles. The fourth-order valence-electron chi connectivity index (χ4n) is 3.90. The molecule has 1 aliphatic rings. The molecular formula is C28H52O3Si. The summed E-state index contributed by atoms with van der Waals surface area (Å²) in [5.41, 5.74) is 1.64. The quantitative estimate of drug-likeness (QED) is 0.0750. The van der Waals surface area contributed by atoms with Crippen LogP contribution in [0.2, 0.25) is 18.1 Å². The summed E-state index contributed by atoms with van der Waals surface area (Å²) < 4.78 is 5.56. The Kier molecular flexibility index (Phi) is 13.8. The van der Waals surface area contributed by atoms with Crippen LogP contribution in [0.15, 0.2) is 23.8 Å². The Morgan fingerprint density at radius 1 is 1.16 bits per heavy atom. The summed E-state index contributed by atoms with van der Waals surface area (Å²) in [5, 5.41) is 0.0440. The van der Waals surface area contributed by atoms with Crippen molar-refractivity contribution in [1.82, 2.24) is 0 Å². The van der Waals surface area contributed by atoms with E-state index in [2.05, 4.69) is 65.9 Å². The largest absolute Gasteiger partial charge is 0.340 e. The molecule has 0 spiro atoms. The summed E-state index contributed by atoms with van der Waals surface area (Å²) >= 11 is 0. The highest BCUT2D eigenvalue weighted by Gasteiger charge is 2.40. The zero-order chi connectivity index (χ0) is 24.0. The monoisotopic (exact) mass is 464 g/mol. The van der Waals surface area contributed by atoms with Crippen molar-refractivity contribution in [2.24, 2.45) is 11.8 Å². The van der Waals surface area contributed by atoms with E-state index in [1.54, 1.807) is 5.57 Å². The van der Waals surface area contributed by atoms with Crippen LogP contribution in [0.25, 0.3) is 0 Å². The van der Waals surface area contributed by atoms with Crippen molar-refractivity contribution < 1.29 is 14.3 Å². The maximum Gasteiger partial charge on any atom is 0.340 e. The van der Waals surface area contributed by atoms with Gasteiger partial charge in [-0.15, -0.1) is 0 Å². The van der Waals surface area contributed by atoms with Crippen molar-refractivity contribution in [2.75, 3.05) is 0 Å². The van der Waals surface area contributed by atoms with Gasteiger partial charge in [0.15, 0.2) is 0 Å². The molecular weight excluding hydrogens is 412 g/mol. The van der Waals surface area contributed by atoms with Gasteiger partial charge in [-0.05, 0) is 74.9 Å². The van der Waals surface area contributed by atoms with E-state index in [0.717, 1.165) is 18.8 Å². The Hall–Kier alpha value is -0.873. The Morgan fingerprint density at radius 2 is 1.88 bits per heavy atom. The lowest BCUT2D eigenvalue weighted by atomic mass is 9.94. The van der Waals surface area contributed by atoms with Gasteiger partial charge in [0.05, 0.1) is 0 Å². The van der Waals surface area contributed by atoms with E-state index in [1.807, 2.05) is 0 Å². The smallest absolute Gasteiger partial charge is 0.310 e. The standard InChI is InChI=1S/C28H52O3Si/c1-8-9-17-24(2)18-14-15-20-26-22-16-21-25(26)19-12-10-11-13-23-27(29)30-31-32(6,7)28(3,4)5/h15,20-21,24,26H,8-14,16-19,22-23H2,1-7H3/b20-15+/t24-,26-/m0/s1. The van der Waals surface area contributed by atoms with Gasteiger partial charge in [0.1, 0.15) is 0 Å². The second-order valence-electron chi connectivity index (χ2n) is 11.4. The number of carbonyl (C=O) groups excluding carboxylic acids is 1. The minimum Gasteiger partial charge on any atom is -0.310 e. The second kappa shape index (κ2) is 15.1. The first-order chi connectivity index (χ1) is 15.1. The minimum atomic E-state index is -2.03. The van der Waals surface area contributed by atoms with E-state index in [1.165, 1.54) is 64.2 Å². The predicted octanol–water partition coefficient (Wildman–Crippen LogP) is 9.31. The van der Waals surface area contributed by atoms with Crippen LogP contribution in [0.4, 0.5) is 0 Å². The number of hydrogen-bond acceptors (Lipinski definition) is 3. The van der Waals surface area contributed by atoms with Crippen LogP contribution in [-0.2, 0) is 14.3 Å². The van der Waals surface area contributed by atoms with Gasteiger partial charge in [-0.1, -0.05) is 90.5 Å². The van der Waals surface area contributed by atoms with E-state index in [-0.39, 0.29) is 11.0 Å². The molecule has 1 aliphatic carbocycles. The highest BCUT2D eigenvalue weighted by atomic mass is 28.4. The van der Waals surface area contributed by atoms with Crippen LogP contribution in [0.5, 0.6) is 0 Å². The van der Waals surface area contributed by atoms with Gasteiger partial charge in [0.2, 0.25) is 0 Å². The molecule has 0 radical (unpaired) electrons. The van der Waals surface area contributed by atoms with Crippen molar-refractivity contribution in [2.45, 2.75) is 136 Å². The number of hydrogen-bond donors (Lipinski definition) is 0. The molecule has 2 atom stereocenters. The molecule has 0 aliphatic heterocycles. The molecule has 0 aromatic heterocycles. The lowest BCUT2D eigenvalue weighted by molar-refractivity contribution is -0.221. The zero-order valence-electron chi connectivity index (χ0n) is 22.3. The fourth-order valence-corrected chi connectivity index (χ4v) is 4.45. The molecule has 0 saturated heterocycles. The van der Waals surface area contributed by atoms with Gasteiger partial charge in [0, 0.05) is 6.42 Å². The van der Waals surface area contributed by atoms with Gasteiger partial charge in [-0.3, -0.25) is 0 Å². The Balaban J connectivity index is 2.14. The Labute approximate surface area is 200 Å². The van der Waals surface area contributed by atoms with Gasteiger partial charge >= 0.3 is 5.97 Å². The first-order valence-electron chi connectivity index (χ1n) is 13.3.